The van der Waals surface area contributed by atoms with Crippen LogP contribution in [-0.4, -0.2) is 41.6 Å². The van der Waals surface area contributed by atoms with Gasteiger partial charge in [-0.1, -0.05) is 155 Å². The third-order valence-electron chi connectivity index (χ3n) is 9.35. The van der Waals surface area contributed by atoms with E-state index in [2.05, 4.69) is 152 Å². The summed E-state index contributed by atoms with van der Waals surface area (Å²) >= 11 is 0. The maximum Gasteiger partial charge on any atom is 0.305 e. The summed E-state index contributed by atoms with van der Waals surface area (Å²) in [4.78, 5) is 31.1. The van der Waals surface area contributed by atoms with Crippen molar-refractivity contribution in [1.29, 1.82) is 0 Å². The number of amidine groups is 1. The molecule has 1 aliphatic rings. The molecule has 1 amide bonds. The van der Waals surface area contributed by atoms with E-state index in [0.717, 1.165) is 116 Å². The predicted molar refractivity (Wildman–Crippen MR) is 262 cm³/mol. The van der Waals surface area contributed by atoms with Gasteiger partial charge in [-0.15, -0.1) is 0 Å². The molecule has 0 aliphatic carbocycles. The fourth-order valence-electron chi connectivity index (χ4n) is 5.97. The van der Waals surface area contributed by atoms with Crippen molar-refractivity contribution in [2.45, 2.75) is 168 Å². The monoisotopic (exact) mass is 836 g/mol. The number of hydrogen-bond donors (Lipinski definition) is 1. The number of amides is 1. The van der Waals surface area contributed by atoms with Crippen LogP contribution < -0.4 is 5.32 Å². The van der Waals surface area contributed by atoms with Crippen LogP contribution in [0.5, 0.6) is 0 Å². The number of nitrogens with one attached hydrogen (secondary N) is 1. The SMILES string of the molecule is C=C1N=C(NC(=O)CCCCCC=CCC=CCC=CCC=CCC=CCC)C=CN1C(C)OC(C)COC(=O)CCCCCC=CCC=CCC=CCC=CCC=CCC. The van der Waals surface area contributed by atoms with Gasteiger partial charge >= 0.3 is 5.97 Å². The van der Waals surface area contributed by atoms with E-state index < -0.39 is 0 Å². The molecule has 1 aliphatic heterocycles. The fraction of sp³-hybridized carbons (Fsp3) is 0.500. The average Bonchev–Trinajstić information content (AvgIpc) is 3.24. The quantitative estimate of drug-likeness (QED) is 0.0391. The Morgan fingerprint density at radius 3 is 1.44 bits per heavy atom. The molecular weight excluding hydrogens is 755 g/mol. The van der Waals surface area contributed by atoms with Crippen LogP contribution >= 0.6 is 0 Å². The van der Waals surface area contributed by atoms with Crippen molar-refractivity contribution < 1.29 is 19.1 Å². The van der Waals surface area contributed by atoms with E-state index in [4.69, 9.17) is 9.47 Å². The first-order valence-corrected chi connectivity index (χ1v) is 23.2. The minimum Gasteiger partial charge on any atom is -0.463 e. The summed E-state index contributed by atoms with van der Waals surface area (Å²) in [6.07, 6.45) is 65.8. The van der Waals surface area contributed by atoms with Crippen LogP contribution in [0.2, 0.25) is 0 Å². The van der Waals surface area contributed by atoms with Gasteiger partial charge in [0, 0.05) is 19.0 Å². The number of rotatable bonds is 35. The number of allylic oxidation sites excluding steroid dienone is 20. The molecule has 0 spiro atoms. The normalized spacial score (nSPS) is 15.0. The Bertz CT molecular complexity index is 1530. The van der Waals surface area contributed by atoms with Crippen LogP contribution in [0.15, 0.2) is 151 Å². The lowest BCUT2D eigenvalue weighted by atomic mass is 10.1. The van der Waals surface area contributed by atoms with Crippen LogP contribution in [0.1, 0.15) is 156 Å². The smallest absolute Gasteiger partial charge is 0.305 e. The largest absolute Gasteiger partial charge is 0.463 e. The van der Waals surface area contributed by atoms with Crippen molar-refractivity contribution >= 4 is 17.7 Å². The Morgan fingerprint density at radius 2 is 1.02 bits per heavy atom. The van der Waals surface area contributed by atoms with Gasteiger partial charge < -0.3 is 19.7 Å². The topological polar surface area (TPSA) is 80.2 Å². The van der Waals surface area contributed by atoms with Crippen molar-refractivity contribution in [3.05, 3.63) is 146 Å². The number of ether oxygens (including phenoxy) is 2. The van der Waals surface area contributed by atoms with Gasteiger partial charge in [0.25, 0.3) is 0 Å². The summed E-state index contributed by atoms with van der Waals surface area (Å²) in [5.41, 5.74) is 0. The zero-order valence-electron chi connectivity index (χ0n) is 38.4. The maximum atomic E-state index is 12.5. The maximum absolute atomic E-state index is 12.5. The van der Waals surface area contributed by atoms with Crippen LogP contribution in [0.25, 0.3) is 0 Å². The number of nitrogens with zero attached hydrogens (tertiary/aromatic N) is 2. The van der Waals surface area contributed by atoms with Gasteiger partial charge in [0.1, 0.15) is 24.5 Å². The lowest BCUT2D eigenvalue weighted by Gasteiger charge is -2.31. The summed E-state index contributed by atoms with van der Waals surface area (Å²) in [7, 11) is 0. The predicted octanol–water partition coefficient (Wildman–Crippen LogP) is 14.5. The second-order valence-corrected chi connectivity index (χ2v) is 15.0. The summed E-state index contributed by atoms with van der Waals surface area (Å²) in [6.45, 7) is 12.3. The second kappa shape index (κ2) is 40.6. The molecule has 1 rings (SSSR count). The van der Waals surface area contributed by atoms with Gasteiger partial charge in [-0.3, -0.25) is 9.59 Å². The molecule has 0 saturated carbocycles. The van der Waals surface area contributed by atoms with Crippen molar-refractivity contribution in [3.63, 3.8) is 0 Å². The summed E-state index contributed by atoms with van der Waals surface area (Å²) in [6, 6.07) is 0. The minimum atomic E-state index is -0.377. The summed E-state index contributed by atoms with van der Waals surface area (Å²) in [5, 5.41) is 2.89. The number of hydrogen-bond acceptors (Lipinski definition) is 6. The van der Waals surface area contributed by atoms with E-state index in [9.17, 15) is 9.59 Å². The standard InChI is InChI=1S/C54H81N3O4/c1-6-8-10-12-14-16-18-20-22-24-26-28-30-32-34-36-38-40-42-44-53(58)56-52-46-47-57(50(4)55-52)51(5)61-49(3)48-60-54(59)45-43-41-39-37-35-33-31-29-27-25-23-21-19-17-15-13-11-9-7-2/h8-11,14-17,20-23,26-29,32-35,46-47,49,51H,4,6-7,12-13,18-19,24-25,30-31,36-45,48H2,1-3,5H3,(H,55,56,58). The molecule has 0 aromatic heterocycles. The van der Waals surface area contributed by atoms with Crippen molar-refractivity contribution in [1.82, 2.24) is 10.2 Å². The molecule has 1 heterocycles. The number of unbranched alkanes of at least 4 members (excludes halogenated alkanes) is 6. The first-order chi connectivity index (χ1) is 29.9. The first kappa shape index (κ1) is 54.3. The van der Waals surface area contributed by atoms with Gasteiger partial charge in [0.15, 0.2) is 0 Å². The molecule has 2 unspecified atom stereocenters. The molecule has 0 saturated heterocycles. The van der Waals surface area contributed by atoms with E-state index in [0.29, 0.717) is 24.5 Å². The first-order valence-electron chi connectivity index (χ1n) is 23.2. The van der Waals surface area contributed by atoms with E-state index in [1.807, 2.05) is 13.8 Å². The van der Waals surface area contributed by atoms with E-state index >= 15 is 0 Å². The number of carbonyl (C=O) groups excluding carboxylic acids is 2. The highest BCUT2D eigenvalue weighted by Gasteiger charge is 2.20. The van der Waals surface area contributed by atoms with Crippen LogP contribution in [0.3, 0.4) is 0 Å². The van der Waals surface area contributed by atoms with Crippen molar-refractivity contribution in [2.75, 3.05) is 6.61 Å². The van der Waals surface area contributed by atoms with Gasteiger partial charge in [0.2, 0.25) is 5.91 Å². The zero-order chi connectivity index (χ0) is 44.3. The highest BCUT2D eigenvalue weighted by Crippen LogP contribution is 2.17. The Labute approximate surface area is 372 Å². The molecule has 0 aromatic rings. The highest BCUT2D eigenvalue weighted by atomic mass is 16.6. The molecule has 0 bridgehead atoms. The highest BCUT2D eigenvalue weighted by molar-refractivity contribution is 6.05. The van der Waals surface area contributed by atoms with Crippen LogP contribution in [0.4, 0.5) is 0 Å². The molecule has 2 atom stereocenters. The molecule has 0 radical (unpaired) electrons. The van der Waals surface area contributed by atoms with E-state index in [-0.39, 0.29) is 30.8 Å². The Hall–Kier alpha value is -4.75. The van der Waals surface area contributed by atoms with Gasteiger partial charge in [0.05, 0.1) is 6.10 Å². The number of carbonyl (C=O) groups is 2. The van der Waals surface area contributed by atoms with Gasteiger partial charge in [-0.2, -0.15) is 0 Å². The molecule has 7 heteroatoms. The van der Waals surface area contributed by atoms with Crippen LogP contribution in [-0.2, 0) is 19.1 Å². The van der Waals surface area contributed by atoms with Crippen LogP contribution in [0, 0.1) is 0 Å². The molecule has 61 heavy (non-hydrogen) atoms. The van der Waals surface area contributed by atoms with E-state index in [1.165, 1.54) is 0 Å². The summed E-state index contributed by atoms with van der Waals surface area (Å²) in [5.74, 6) is 0.688. The Balaban J connectivity index is 2.09. The fourth-order valence-corrected chi connectivity index (χ4v) is 5.97. The Kier molecular flexibility index (Phi) is 36.2. The summed E-state index contributed by atoms with van der Waals surface area (Å²) < 4.78 is 11.5. The Morgan fingerprint density at radius 1 is 0.607 bits per heavy atom. The molecule has 0 aromatic carbocycles. The number of aliphatic imine (C=N–C) groups is 1. The lowest BCUT2D eigenvalue weighted by Crippen LogP contribution is -2.38. The zero-order valence-corrected chi connectivity index (χ0v) is 38.4. The van der Waals surface area contributed by atoms with Crippen molar-refractivity contribution in [3.8, 4) is 0 Å². The molecule has 0 fully saturated rings. The minimum absolute atomic E-state index is 0.0513. The van der Waals surface area contributed by atoms with Crippen molar-refractivity contribution in [2.24, 2.45) is 4.99 Å². The lowest BCUT2D eigenvalue weighted by molar-refractivity contribution is -0.151. The molecule has 1 N–H and O–H groups in total. The third kappa shape index (κ3) is 34.6. The van der Waals surface area contributed by atoms with E-state index in [1.54, 1.807) is 17.2 Å². The molecular formula is C54H81N3O4. The third-order valence-corrected chi connectivity index (χ3v) is 9.35. The van der Waals surface area contributed by atoms with Gasteiger partial charge in [-0.05, 0) is 123 Å². The average molecular weight is 836 g/mol. The second-order valence-electron chi connectivity index (χ2n) is 15.0. The molecule has 336 valence electrons. The number of esters is 1. The molecule has 7 nitrogen and oxygen atoms in total. The van der Waals surface area contributed by atoms with Gasteiger partial charge in [-0.25, -0.2) is 4.99 Å².